The normalized spacial score (nSPS) is 19.4. The molecule has 0 radical (unpaired) electrons. The van der Waals surface area contributed by atoms with Crippen LogP contribution in [0, 0.1) is 5.92 Å². The molecular formula is C16H21NO4. The van der Waals surface area contributed by atoms with E-state index >= 15 is 0 Å². The number of amides is 1. The van der Waals surface area contributed by atoms with Crippen molar-refractivity contribution in [1.29, 1.82) is 0 Å². The molecule has 0 N–H and O–H groups in total. The van der Waals surface area contributed by atoms with Crippen LogP contribution < -0.4 is 14.2 Å². The van der Waals surface area contributed by atoms with E-state index in [2.05, 4.69) is 6.92 Å². The standard InChI is InChI=1S/C16H21NO4/c1-11-5-7-17(8-6-11)16(18)12(2)21-13-3-4-14-15(9-13)20-10-19-14/h3-4,9,11-12H,5-8,10H2,1-2H3/t12-/m1/s1. The molecule has 0 saturated carbocycles. The van der Waals surface area contributed by atoms with Crippen LogP contribution in [0.25, 0.3) is 0 Å². The SMILES string of the molecule is CC1CCN(C(=O)[C@@H](C)Oc2ccc3c(c2)OCO3)CC1. The van der Waals surface area contributed by atoms with Crippen molar-refractivity contribution in [1.82, 2.24) is 4.90 Å². The fourth-order valence-electron chi connectivity index (χ4n) is 2.69. The van der Waals surface area contributed by atoms with Gasteiger partial charge in [0, 0.05) is 19.2 Å². The van der Waals surface area contributed by atoms with Crippen LogP contribution in [0.4, 0.5) is 0 Å². The summed E-state index contributed by atoms with van der Waals surface area (Å²) in [6.07, 6.45) is 1.66. The summed E-state index contributed by atoms with van der Waals surface area (Å²) in [7, 11) is 0. The van der Waals surface area contributed by atoms with Crippen LogP contribution in [-0.2, 0) is 4.79 Å². The Kier molecular flexibility index (Phi) is 3.90. The molecule has 1 amide bonds. The maximum Gasteiger partial charge on any atom is 0.263 e. The fraction of sp³-hybridized carbons (Fsp3) is 0.562. The molecule has 1 fully saturated rings. The summed E-state index contributed by atoms with van der Waals surface area (Å²) in [6.45, 7) is 5.92. The van der Waals surface area contributed by atoms with Crippen LogP contribution in [0.2, 0.25) is 0 Å². The van der Waals surface area contributed by atoms with Crippen LogP contribution >= 0.6 is 0 Å². The monoisotopic (exact) mass is 291 g/mol. The second-order valence-corrected chi connectivity index (χ2v) is 5.78. The Labute approximate surface area is 124 Å². The summed E-state index contributed by atoms with van der Waals surface area (Å²) in [6, 6.07) is 5.37. The van der Waals surface area contributed by atoms with Crippen molar-refractivity contribution in [3.8, 4) is 17.2 Å². The Balaban J connectivity index is 1.60. The third-order valence-corrected chi connectivity index (χ3v) is 4.10. The average molecular weight is 291 g/mol. The molecule has 1 aromatic rings. The molecule has 3 rings (SSSR count). The van der Waals surface area contributed by atoms with E-state index in [1.807, 2.05) is 4.90 Å². The Bertz CT molecular complexity index is 523. The van der Waals surface area contributed by atoms with Gasteiger partial charge in [0.05, 0.1) is 0 Å². The van der Waals surface area contributed by atoms with Crippen LogP contribution in [0.5, 0.6) is 17.2 Å². The van der Waals surface area contributed by atoms with Crippen molar-refractivity contribution in [2.24, 2.45) is 5.92 Å². The average Bonchev–Trinajstić information content (AvgIpc) is 2.95. The van der Waals surface area contributed by atoms with E-state index in [-0.39, 0.29) is 12.7 Å². The smallest absolute Gasteiger partial charge is 0.263 e. The lowest BCUT2D eigenvalue weighted by atomic mass is 9.99. The second kappa shape index (κ2) is 5.84. The molecule has 0 spiro atoms. The number of likely N-dealkylation sites (tertiary alicyclic amines) is 1. The van der Waals surface area contributed by atoms with Gasteiger partial charge in [0.2, 0.25) is 6.79 Å². The molecule has 0 aromatic heterocycles. The first-order valence-electron chi connectivity index (χ1n) is 7.48. The van der Waals surface area contributed by atoms with Crippen molar-refractivity contribution in [3.63, 3.8) is 0 Å². The fourth-order valence-corrected chi connectivity index (χ4v) is 2.69. The molecule has 2 heterocycles. The van der Waals surface area contributed by atoms with Gasteiger partial charge in [0.25, 0.3) is 5.91 Å². The van der Waals surface area contributed by atoms with Gasteiger partial charge in [-0.25, -0.2) is 0 Å². The van der Waals surface area contributed by atoms with Crippen molar-refractivity contribution >= 4 is 5.91 Å². The van der Waals surface area contributed by atoms with E-state index in [1.54, 1.807) is 25.1 Å². The van der Waals surface area contributed by atoms with Crippen molar-refractivity contribution < 1.29 is 19.0 Å². The Morgan fingerprint density at radius 1 is 1.29 bits per heavy atom. The Hall–Kier alpha value is -1.91. The minimum Gasteiger partial charge on any atom is -0.481 e. The molecule has 5 heteroatoms. The number of carbonyl (C=O) groups excluding carboxylic acids is 1. The van der Waals surface area contributed by atoms with E-state index in [1.165, 1.54) is 0 Å². The zero-order valence-corrected chi connectivity index (χ0v) is 12.5. The lowest BCUT2D eigenvalue weighted by Gasteiger charge is -2.32. The summed E-state index contributed by atoms with van der Waals surface area (Å²) in [5.74, 6) is 2.77. The van der Waals surface area contributed by atoms with Crippen molar-refractivity contribution in [2.45, 2.75) is 32.8 Å². The zero-order chi connectivity index (χ0) is 14.8. The first-order chi connectivity index (χ1) is 10.1. The first-order valence-corrected chi connectivity index (χ1v) is 7.48. The Morgan fingerprint density at radius 2 is 2.00 bits per heavy atom. The van der Waals surface area contributed by atoms with Crippen LogP contribution in [0.3, 0.4) is 0 Å². The largest absolute Gasteiger partial charge is 0.481 e. The maximum atomic E-state index is 12.4. The number of nitrogens with zero attached hydrogens (tertiary/aromatic N) is 1. The third kappa shape index (κ3) is 3.06. The van der Waals surface area contributed by atoms with Gasteiger partial charge in [-0.15, -0.1) is 0 Å². The summed E-state index contributed by atoms with van der Waals surface area (Å²) >= 11 is 0. The van der Waals surface area contributed by atoms with Crippen molar-refractivity contribution in [3.05, 3.63) is 18.2 Å². The number of rotatable bonds is 3. The van der Waals surface area contributed by atoms with Gasteiger partial charge < -0.3 is 19.1 Å². The highest BCUT2D eigenvalue weighted by molar-refractivity contribution is 5.81. The summed E-state index contributed by atoms with van der Waals surface area (Å²) in [4.78, 5) is 14.3. The molecule has 0 aliphatic carbocycles. The number of benzene rings is 1. The predicted molar refractivity (Wildman–Crippen MR) is 77.6 cm³/mol. The highest BCUT2D eigenvalue weighted by Crippen LogP contribution is 2.35. The number of hydrogen-bond donors (Lipinski definition) is 0. The molecule has 1 aromatic carbocycles. The summed E-state index contributed by atoms with van der Waals surface area (Å²) in [5.41, 5.74) is 0. The molecule has 21 heavy (non-hydrogen) atoms. The van der Waals surface area contributed by atoms with Gasteiger partial charge in [-0.3, -0.25) is 4.79 Å². The lowest BCUT2D eigenvalue weighted by Crippen LogP contribution is -2.44. The quantitative estimate of drug-likeness (QED) is 0.858. The van der Waals surface area contributed by atoms with Gasteiger partial charge in [-0.05, 0) is 37.8 Å². The zero-order valence-electron chi connectivity index (χ0n) is 12.5. The Morgan fingerprint density at radius 3 is 2.76 bits per heavy atom. The van der Waals surface area contributed by atoms with E-state index in [0.717, 1.165) is 25.9 Å². The molecule has 114 valence electrons. The summed E-state index contributed by atoms with van der Waals surface area (Å²) in [5, 5.41) is 0. The van der Waals surface area contributed by atoms with E-state index in [4.69, 9.17) is 14.2 Å². The molecule has 0 bridgehead atoms. The highest BCUT2D eigenvalue weighted by atomic mass is 16.7. The minimum atomic E-state index is -0.487. The van der Waals surface area contributed by atoms with Crippen LogP contribution in [0.15, 0.2) is 18.2 Å². The van der Waals surface area contributed by atoms with Gasteiger partial charge in [0.1, 0.15) is 5.75 Å². The van der Waals surface area contributed by atoms with E-state index in [0.29, 0.717) is 23.2 Å². The number of fused-ring (bicyclic) bond motifs is 1. The first kappa shape index (κ1) is 14.0. The van der Waals surface area contributed by atoms with Gasteiger partial charge in [0.15, 0.2) is 17.6 Å². The summed E-state index contributed by atoms with van der Waals surface area (Å²) < 4.78 is 16.3. The van der Waals surface area contributed by atoms with Crippen LogP contribution in [-0.4, -0.2) is 36.8 Å². The highest BCUT2D eigenvalue weighted by Gasteiger charge is 2.26. The lowest BCUT2D eigenvalue weighted by molar-refractivity contribution is -0.139. The number of piperidine rings is 1. The molecular weight excluding hydrogens is 270 g/mol. The topological polar surface area (TPSA) is 48.0 Å². The predicted octanol–water partition coefficient (Wildman–Crippen LogP) is 2.44. The third-order valence-electron chi connectivity index (χ3n) is 4.10. The molecule has 0 unspecified atom stereocenters. The molecule has 5 nitrogen and oxygen atoms in total. The molecule has 2 aliphatic rings. The number of carbonyl (C=O) groups is 1. The van der Waals surface area contributed by atoms with Crippen LogP contribution in [0.1, 0.15) is 26.7 Å². The van der Waals surface area contributed by atoms with E-state index in [9.17, 15) is 4.79 Å². The molecule has 2 aliphatic heterocycles. The molecule has 1 atom stereocenters. The van der Waals surface area contributed by atoms with Gasteiger partial charge >= 0.3 is 0 Å². The van der Waals surface area contributed by atoms with Gasteiger partial charge in [-0.1, -0.05) is 6.92 Å². The maximum absolute atomic E-state index is 12.4. The number of hydrogen-bond acceptors (Lipinski definition) is 4. The van der Waals surface area contributed by atoms with E-state index < -0.39 is 6.10 Å². The minimum absolute atomic E-state index is 0.0552. The van der Waals surface area contributed by atoms with Crippen molar-refractivity contribution in [2.75, 3.05) is 19.9 Å². The second-order valence-electron chi connectivity index (χ2n) is 5.78. The number of ether oxygens (including phenoxy) is 3. The molecule has 1 saturated heterocycles. The van der Waals surface area contributed by atoms with Gasteiger partial charge in [-0.2, -0.15) is 0 Å².